The lowest BCUT2D eigenvalue weighted by Crippen LogP contribution is -2.42. The lowest BCUT2D eigenvalue weighted by atomic mass is 9.97. The fourth-order valence-corrected chi connectivity index (χ4v) is 2.55. The molecule has 0 atom stereocenters. The van der Waals surface area contributed by atoms with Crippen molar-refractivity contribution < 1.29 is 33.0 Å². The number of hydrogen-bond acceptors (Lipinski definition) is 4. The maximum Gasteiger partial charge on any atom is 0.340 e. The van der Waals surface area contributed by atoms with Gasteiger partial charge in [0.1, 0.15) is 0 Å². The molecule has 0 unspecified atom stereocenters. The normalized spacial score (nSPS) is 14.9. The Bertz CT molecular complexity index is 687. The minimum atomic E-state index is -1.23. The van der Waals surface area contributed by atoms with Crippen LogP contribution in [-0.4, -0.2) is 47.7 Å². The molecule has 2 rings (SSSR count). The van der Waals surface area contributed by atoms with Crippen LogP contribution < -0.4 is 5.32 Å². The molecule has 2 amide bonds. The summed E-state index contributed by atoms with van der Waals surface area (Å²) in [4.78, 5) is 36.4. The second kappa shape index (κ2) is 7.91. The number of ether oxygens (including phenoxy) is 1. The summed E-state index contributed by atoms with van der Waals surface area (Å²) in [5, 5.41) is 11.3. The van der Waals surface area contributed by atoms with E-state index in [4.69, 9.17) is 9.84 Å². The number of likely N-dealkylation sites (tertiary alicyclic amines) is 1. The zero-order valence-electron chi connectivity index (χ0n) is 13.6. The summed E-state index contributed by atoms with van der Waals surface area (Å²) in [7, 11) is 0. The first-order valence-corrected chi connectivity index (χ1v) is 7.78. The van der Waals surface area contributed by atoms with Gasteiger partial charge in [0, 0.05) is 19.2 Å². The Morgan fingerprint density at radius 2 is 1.84 bits per heavy atom. The SMILES string of the molecule is CCOC(=O)c1cc(F)c(F)cc1NC(=O)N1CCC(C(=O)O)CC1. The summed E-state index contributed by atoms with van der Waals surface area (Å²) < 4.78 is 31.7. The van der Waals surface area contributed by atoms with Crippen molar-refractivity contribution in [2.75, 3.05) is 25.0 Å². The number of esters is 1. The molecule has 0 radical (unpaired) electrons. The van der Waals surface area contributed by atoms with E-state index in [2.05, 4.69) is 5.32 Å². The Labute approximate surface area is 142 Å². The quantitative estimate of drug-likeness (QED) is 0.808. The molecule has 1 aromatic carbocycles. The van der Waals surface area contributed by atoms with Crippen molar-refractivity contribution >= 4 is 23.7 Å². The van der Waals surface area contributed by atoms with Crippen LogP contribution in [0.4, 0.5) is 19.3 Å². The fourth-order valence-electron chi connectivity index (χ4n) is 2.55. The maximum absolute atomic E-state index is 13.5. The smallest absolute Gasteiger partial charge is 0.340 e. The number of halogens is 2. The van der Waals surface area contributed by atoms with Crippen molar-refractivity contribution in [3.05, 3.63) is 29.3 Å². The molecule has 0 aromatic heterocycles. The monoisotopic (exact) mass is 356 g/mol. The predicted octanol–water partition coefficient (Wildman–Crippen LogP) is 2.47. The van der Waals surface area contributed by atoms with E-state index < -0.39 is 35.5 Å². The van der Waals surface area contributed by atoms with Crippen LogP contribution in [-0.2, 0) is 9.53 Å². The summed E-state index contributed by atoms with van der Waals surface area (Å²) in [6.07, 6.45) is 0.594. The highest BCUT2D eigenvalue weighted by Gasteiger charge is 2.28. The number of aliphatic carboxylic acids is 1. The molecule has 0 spiro atoms. The number of nitrogens with one attached hydrogen (secondary N) is 1. The van der Waals surface area contributed by atoms with Gasteiger partial charge in [-0.05, 0) is 25.8 Å². The van der Waals surface area contributed by atoms with Crippen molar-refractivity contribution in [2.24, 2.45) is 5.92 Å². The zero-order valence-corrected chi connectivity index (χ0v) is 13.6. The highest BCUT2D eigenvalue weighted by molar-refractivity contribution is 6.01. The third-order valence-electron chi connectivity index (χ3n) is 3.93. The van der Waals surface area contributed by atoms with E-state index in [1.807, 2.05) is 0 Å². The van der Waals surface area contributed by atoms with Crippen molar-refractivity contribution in [3.8, 4) is 0 Å². The van der Waals surface area contributed by atoms with Crippen LogP contribution in [0.1, 0.15) is 30.1 Å². The van der Waals surface area contributed by atoms with Crippen LogP contribution in [0, 0.1) is 17.6 Å². The van der Waals surface area contributed by atoms with Gasteiger partial charge in [-0.25, -0.2) is 18.4 Å². The third-order valence-corrected chi connectivity index (χ3v) is 3.93. The Morgan fingerprint density at radius 3 is 2.40 bits per heavy atom. The standard InChI is InChI=1S/C16H18F2N2O5/c1-2-25-15(23)10-7-11(17)12(18)8-13(10)19-16(24)20-5-3-9(4-6-20)14(21)22/h7-9H,2-6H2,1H3,(H,19,24)(H,21,22). The van der Waals surface area contributed by atoms with Gasteiger partial charge in [-0.1, -0.05) is 0 Å². The molecule has 2 N–H and O–H groups in total. The van der Waals surface area contributed by atoms with Crippen molar-refractivity contribution in [3.63, 3.8) is 0 Å². The third kappa shape index (κ3) is 4.43. The molecular weight excluding hydrogens is 338 g/mol. The number of rotatable bonds is 4. The van der Waals surface area contributed by atoms with E-state index in [0.717, 1.165) is 0 Å². The number of urea groups is 1. The second-order valence-electron chi connectivity index (χ2n) is 5.56. The van der Waals surface area contributed by atoms with Crippen LogP contribution in [0.2, 0.25) is 0 Å². The molecule has 0 saturated carbocycles. The van der Waals surface area contributed by atoms with Crippen molar-refractivity contribution in [2.45, 2.75) is 19.8 Å². The fraction of sp³-hybridized carbons (Fsp3) is 0.438. The van der Waals surface area contributed by atoms with Gasteiger partial charge in [0.15, 0.2) is 11.6 Å². The molecule has 1 heterocycles. The number of hydrogen-bond donors (Lipinski definition) is 2. The van der Waals surface area contributed by atoms with Crippen LogP contribution in [0.15, 0.2) is 12.1 Å². The Balaban J connectivity index is 2.13. The molecule has 25 heavy (non-hydrogen) atoms. The van der Waals surface area contributed by atoms with Gasteiger partial charge in [0.2, 0.25) is 0 Å². The number of anilines is 1. The first-order valence-electron chi connectivity index (χ1n) is 7.78. The van der Waals surface area contributed by atoms with Gasteiger partial charge in [0.05, 0.1) is 23.8 Å². The van der Waals surface area contributed by atoms with E-state index in [1.165, 1.54) is 4.90 Å². The number of carboxylic acids is 1. The molecule has 1 aliphatic heterocycles. The molecule has 0 aliphatic carbocycles. The van der Waals surface area contributed by atoms with Crippen LogP contribution >= 0.6 is 0 Å². The summed E-state index contributed by atoms with van der Waals surface area (Å²) in [5.74, 6) is -4.76. The number of nitrogens with zero attached hydrogens (tertiary/aromatic N) is 1. The first kappa shape index (κ1) is 18.6. The Morgan fingerprint density at radius 1 is 1.24 bits per heavy atom. The largest absolute Gasteiger partial charge is 0.481 e. The van der Waals surface area contributed by atoms with Gasteiger partial charge in [0.25, 0.3) is 0 Å². The number of amides is 2. The lowest BCUT2D eigenvalue weighted by Gasteiger charge is -2.30. The lowest BCUT2D eigenvalue weighted by molar-refractivity contribution is -0.143. The van der Waals surface area contributed by atoms with Crippen molar-refractivity contribution in [1.82, 2.24) is 4.90 Å². The summed E-state index contributed by atoms with van der Waals surface area (Å²) in [6.45, 7) is 2.01. The number of piperidine rings is 1. The summed E-state index contributed by atoms with van der Waals surface area (Å²) in [6, 6.07) is 0.753. The minimum absolute atomic E-state index is 0.0356. The van der Waals surface area contributed by atoms with Gasteiger partial charge in [-0.2, -0.15) is 0 Å². The molecule has 1 fully saturated rings. The summed E-state index contributed by atoms with van der Waals surface area (Å²) in [5.41, 5.74) is -0.503. The molecule has 1 aromatic rings. The molecule has 0 bridgehead atoms. The van der Waals surface area contributed by atoms with E-state index in [0.29, 0.717) is 25.0 Å². The minimum Gasteiger partial charge on any atom is -0.481 e. The molecule has 9 heteroatoms. The molecular formula is C16H18F2N2O5. The Hall–Kier alpha value is -2.71. The average molecular weight is 356 g/mol. The summed E-state index contributed by atoms with van der Waals surface area (Å²) >= 11 is 0. The molecule has 1 aliphatic rings. The molecule has 136 valence electrons. The highest BCUT2D eigenvalue weighted by atomic mass is 19.2. The van der Waals surface area contributed by atoms with E-state index >= 15 is 0 Å². The first-order chi connectivity index (χ1) is 11.8. The van der Waals surface area contributed by atoms with Crippen LogP contribution in [0.3, 0.4) is 0 Å². The number of carboxylic acid groups (broad SMARTS) is 1. The average Bonchev–Trinajstić information content (AvgIpc) is 2.58. The Kier molecular flexibility index (Phi) is 5.89. The van der Waals surface area contributed by atoms with Gasteiger partial charge < -0.3 is 20.1 Å². The zero-order chi connectivity index (χ0) is 18.6. The topological polar surface area (TPSA) is 95.9 Å². The molecule has 1 saturated heterocycles. The van der Waals surface area contributed by atoms with Crippen LogP contribution in [0.25, 0.3) is 0 Å². The van der Waals surface area contributed by atoms with Gasteiger partial charge in [-0.3, -0.25) is 4.79 Å². The number of carbonyl (C=O) groups is 3. The van der Waals surface area contributed by atoms with E-state index in [1.54, 1.807) is 6.92 Å². The maximum atomic E-state index is 13.5. The highest BCUT2D eigenvalue weighted by Crippen LogP contribution is 2.23. The van der Waals surface area contributed by atoms with E-state index in [9.17, 15) is 23.2 Å². The molecule has 7 nitrogen and oxygen atoms in total. The number of benzene rings is 1. The predicted molar refractivity (Wildman–Crippen MR) is 83.3 cm³/mol. The van der Waals surface area contributed by atoms with Gasteiger partial charge >= 0.3 is 18.0 Å². The van der Waals surface area contributed by atoms with Gasteiger partial charge in [-0.15, -0.1) is 0 Å². The van der Waals surface area contributed by atoms with Crippen LogP contribution in [0.5, 0.6) is 0 Å². The van der Waals surface area contributed by atoms with E-state index in [-0.39, 0.29) is 30.9 Å². The second-order valence-corrected chi connectivity index (χ2v) is 5.56. The number of carbonyl (C=O) groups excluding carboxylic acids is 2. The van der Waals surface area contributed by atoms with Crippen molar-refractivity contribution in [1.29, 1.82) is 0 Å².